The lowest BCUT2D eigenvalue weighted by Gasteiger charge is -2.19. The van der Waals surface area contributed by atoms with Crippen LogP contribution in [0.2, 0.25) is 0 Å². The van der Waals surface area contributed by atoms with Gasteiger partial charge in [-0.1, -0.05) is 0 Å². The Bertz CT molecular complexity index is 560. The second-order valence-corrected chi connectivity index (χ2v) is 5.95. The largest absolute Gasteiger partial charge is 0.478 e. The maximum atomic E-state index is 11.5. The van der Waals surface area contributed by atoms with Gasteiger partial charge in [0.15, 0.2) is 0 Å². The molecule has 22 heavy (non-hydrogen) atoms. The van der Waals surface area contributed by atoms with Gasteiger partial charge in [-0.15, -0.1) is 0 Å². The summed E-state index contributed by atoms with van der Waals surface area (Å²) in [4.78, 5) is 22.8. The highest BCUT2D eigenvalue weighted by Gasteiger charge is 2.17. The number of ether oxygens (including phenoxy) is 2. The molecular weight excluding hydrogens is 286 g/mol. The van der Waals surface area contributed by atoms with E-state index >= 15 is 0 Å². The van der Waals surface area contributed by atoms with Gasteiger partial charge >= 0.3 is 11.9 Å². The number of carboxylic acids is 1. The fourth-order valence-electron chi connectivity index (χ4n) is 1.96. The van der Waals surface area contributed by atoms with E-state index in [1.54, 1.807) is 46.9 Å². The van der Waals surface area contributed by atoms with Gasteiger partial charge in [-0.25, -0.2) is 9.59 Å². The summed E-state index contributed by atoms with van der Waals surface area (Å²) in [5.74, 6) is -1.45. The molecule has 1 aromatic rings. The molecule has 0 bridgehead atoms. The molecule has 0 radical (unpaired) electrons. The van der Waals surface area contributed by atoms with E-state index in [2.05, 4.69) is 5.32 Å². The molecule has 0 aliphatic rings. The van der Waals surface area contributed by atoms with Crippen molar-refractivity contribution in [2.24, 2.45) is 0 Å². The van der Waals surface area contributed by atoms with Crippen molar-refractivity contribution in [3.8, 4) is 0 Å². The zero-order chi connectivity index (χ0) is 16.9. The Hall–Kier alpha value is -2.08. The van der Waals surface area contributed by atoms with Gasteiger partial charge in [0.25, 0.3) is 0 Å². The number of rotatable bonds is 6. The summed E-state index contributed by atoms with van der Waals surface area (Å²) in [6.07, 6.45) is 0. The van der Waals surface area contributed by atoms with E-state index in [1.807, 2.05) is 0 Å². The predicted molar refractivity (Wildman–Crippen MR) is 83.2 cm³/mol. The van der Waals surface area contributed by atoms with E-state index in [4.69, 9.17) is 9.47 Å². The summed E-state index contributed by atoms with van der Waals surface area (Å²) < 4.78 is 10.4. The number of nitrogens with one attached hydrogen (secondary N) is 1. The minimum absolute atomic E-state index is 0.133. The number of carboxylic acid groups (broad SMARTS) is 1. The Morgan fingerprint density at radius 3 is 2.41 bits per heavy atom. The molecule has 0 heterocycles. The van der Waals surface area contributed by atoms with Crippen LogP contribution in [0.15, 0.2) is 12.1 Å². The van der Waals surface area contributed by atoms with E-state index in [0.29, 0.717) is 11.1 Å². The van der Waals surface area contributed by atoms with Gasteiger partial charge in [0.2, 0.25) is 0 Å². The van der Waals surface area contributed by atoms with Crippen LogP contribution in [0.4, 0.5) is 5.69 Å². The molecule has 6 nitrogen and oxygen atoms in total. The first kappa shape index (κ1) is 18.0. The number of hydrogen-bond acceptors (Lipinski definition) is 5. The Balaban J connectivity index is 2.72. The van der Waals surface area contributed by atoms with Crippen molar-refractivity contribution in [3.05, 3.63) is 28.8 Å². The molecule has 6 heteroatoms. The van der Waals surface area contributed by atoms with Crippen LogP contribution in [0.3, 0.4) is 0 Å². The third-order valence-corrected chi connectivity index (χ3v) is 2.88. The molecule has 1 aromatic carbocycles. The molecule has 0 saturated carbocycles. The summed E-state index contributed by atoms with van der Waals surface area (Å²) in [5.41, 5.74) is 1.71. The monoisotopic (exact) mass is 309 g/mol. The van der Waals surface area contributed by atoms with Crippen LogP contribution in [-0.4, -0.2) is 36.3 Å². The number of carbonyl (C=O) groups is 2. The number of aromatic carboxylic acids is 1. The highest BCUT2D eigenvalue weighted by Crippen LogP contribution is 2.22. The predicted octanol–water partition coefficient (Wildman–Crippen LogP) is 2.59. The van der Waals surface area contributed by atoms with Gasteiger partial charge in [-0.2, -0.15) is 0 Å². The van der Waals surface area contributed by atoms with Crippen LogP contribution in [0.25, 0.3) is 0 Å². The number of hydrogen-bond donors (Lipinski definition) is 2. The van der Waals surface area contributed by atoms with Crippen molar-refractivity contribution in [2.75, 3.05) is 19.0 Å². The minimum atomic E-state index is -0.997. The van der Waals surface area contributed by atoms with Crippen LogP contribution >= 0.6 is 0 Å². The number of benzene rings is 1. The smallest absolute Gasteiger partial charge is 0.336 e. The first-order valence-electron chi connectivity index (χ1n) is 6.98. The average Bonchev–Trinajstić information content (AvgIpc) is 2.37. The molecule has 0 aromatic heterocycles. The molecule has 0 aliphatic heterocycles. The standard InChI is InChI=1S/C16H23NO5/c1-10-12(15(19)20)6-11(7-13(10)17-5)8-21-9-14(18)22-16(2,3)4/h6-7,17H,8-9H2,1-5H3,(H,19,20). The minimum Gasteiger partial charge on any atom is -0.478 e. The number of esters is 1. The molecule has 0 aliphatic carbocycles. The van der Waals surface area contributed by atoms with E-state index in [0.717, 1.165) is 5.69 Å². The Morgan fingerprint density at radius 1 is 1.27 bits per heavy atom. The second-order valence-electron chi connectivity index (χ2n) is 5.95. The van der Waals surface area contributed by atoms with Crippen LogP contribution in [-0.2, 0) is 20.9 Å². The first-order chi connectivity index (χ1) is 10.1. The molecule has 122 valence electrons. The summed E-state index contributed by atoms with van der Waals surface area (Å²) in [7, 11) is 1.72. The van der Waals surface area contributed by atoms with Gasteiger partial charge in [0.1, 0.15) is 12.2 Å². The molecular formula is C16H23NO5. The van der Waals surface area contributed by atoms with Gasteiger partial charge in [0, 0.05) is 12.7 Å². The van der Waals surface area contributed by atoms with E-state index < -0.39 is 17.5 Å². The lowest BCUT2D eigenvalue weighted by atomic mass is 10.0. The molecule has 0 amide bonds. The van der Waals surface area contributed by atoms with E-state index in [1.165, 1.54) is 0 Å². The van der Waals surface area contributed by atoms with E-state index in [-0.39, 0.29) is 18.8 Å². The SMILES string of the molecule is CNc1cc(COCC(=O)OC(C)(C)C)cc(C(=O)O)c1C. The Morgan fingerprint density at radius 2 is 1.91 bits per heavy atom. The highest BCUT2D eigenvalue weighted by molar-refractivity contribution is 5.91. The Kier molecular flexibility index (Phi) is 5.93. The van der Waals surface area contributed by atoms with Crippen molar-refractivity contribution < 1.29 is 24.2 Å². The zero-order valence-corrected chi connectivity index (χ0v) is 13.6. The fraction of sp³-hybridized carbons (Fsp3) is 0.500. The van der Waals surface area contributed by atoms with Crippen molar-refractivity contribution in [1.82, 2.24) is 0 Å². The molecule has 1 rings (SSSR count). The van der Waals surface area contributed by atoms with Crippen molar-refractivity contribution in [2.45, 2.75) is 39.9 Å². The molecule has 0 saturated heterocycles. The van der Waals surface area contributed by atoms with Crippen LogP contribution in [0.1, 0.15) is 42.3 Å². The molecule has 0 spiro atoms. The van der Waals surface area contributed by atoms with Crippen LogP contribution in [0, 0.1) is 6.92 Å². The van der Waals surface area contributed by atoms with Gasteiger partial charge in [-0.05, 0) is 51.0 Å². The van der Waals surface area contributed by atoms with Crippen LogP contribution in [0.5, 0.6) is 0 Å². The first-order valence-corrected chi connectivity index (χ1v) is 6.98. The van der Waals surface area contributed by atoms with Crippen molar-refractivity contribution in [1.29, 1.82) is 0 Å². The second kappa shape index (κ2) is 7.26. The van der Waals surface area contributed by atoms with Crippen LogP contribution < -0.4 is 5.32 Å². The average molecular weight is 309 g/mol. The molecule has 0 fully saturated rings. The lowest BCUT2D eigenvalue weighted by molar-refractivity contribution is -0.160. The summed E-state index contributed by atoms with van der Waals surface area (Å²) >= 11 is 0. The third-order valence-electron chi connectivity index (χ3n) is 2.88. The summed E-state index contributed by atoms with van der Waals surface area (Å²) in [6, 6.07) is 3.35. The summed E-state index contributed by atoms with van der Waals surface area (Å²) in [6.45, 7) is 7.03. The quantitative estimate of drug-likeness (QED) is 0.786. The lowest BCUT2D eigenvalue weighted by Crippen LogP contribution is -2.26. The summed E-state index contributed by atoms with van der Waals surface area (Å²) in [5, 5.41) is 12.2. The van der Waals surface area contributed by atoms with Crippen molar-refractivity contribution in [3.63, 3.8) is 0 Å². The number of anilines is 1. The van der Waals surface area contributed by atoms with Crippen molar-refractivity contribution >= 4 is 17.6 Å². The maximum absolute atomic E-state index is 11.5. The number of carbonyl (C=O) groups excluding carboxylic acids is 1. The maximum Gasteiger partial charge on any atom is 0.336 e. The Labute approximate surface area is 130 Å². The fourth-order valence-corrected chi connectivity index (χ4v) is 1.96. The molecule has 0 atom stereocenters. The highest BCUT2D eigenvalue weighted by atomic mass is 16.6. The van der Waals surface area contributed by atoms with Gasteiger partial charge in [-0.3, -0.25) is 0 Å². The van der Waals surface area contributed by atoms with E-state index in [9.17, 15) is 14.7 Å². The zero-order valence-electron chi connectivity index (χ0n) is 13.6. The van der Waals surface area contributed by atoms with Gasteiger partial charge < -0.3 is 19.9 Å². The normalized spacial score (nSPS) is 11.1. The van der Waals surface area contributed by atoms with Gasteiger partial charge in [0.05, 0.1) is 12.2 Å². The molecule has 2 N–H and O–H groups in total. The molecule has 0 unspecified atom stereocenters. The topological polar surface area (TPSA) is 84.9 Å². The third kappa shape index (κ3) is 5.37.